The van der Waals surface area contributed by atoms with E-state index in [0.717, 1.165) is 25.2 Å². The van der Waals surface area contributed by atoms with Gasteiger partial charge >= 0.3 is 0 Å². The summed E-state index contributed by atoms with van der Waals surface area (Å²) >= 11 is 5.71. The molecule has 0 saturated carbocycles. The fraction of sp³-hybridized carbons (Fsp3) is 0.235. The fourth-order valence-corrected chi connectivity index (χ4v) is 2.63. The van der Waals surface area contributed by atoms with Crippen LogP contribution in [0, 0.1) is 5.92 Å². The number of anilines is 1. The average molecular weight is 344 g/mol. The number of aromatic nitrogens is 2. The van der Waals surface area contributed by atoms with Crippen molar-refractivity contribution in [2.75, 3.05) is 11.9 Å². The Kier molecular flexibility index (Phi) is 4.96. The highest BCUT2D eigenvalue weighted by atomic mass is 35.5. The third-order valence-corrected chi connectivity index (χ3v) is 4.02. The lowest BCUT2D eigenvalue weighted by atomic mass is 10.0. The van der Waals surface area contributed by atoms with Gasteiger partial charge in [-0.1, -0.05) is 23.7 Å². The SMILES string of the molecule is NC1=C[C@H](CCc2ccc(NC(=O)c3ncc(Cl)cn3)cc2)CN1. The Morgan fingerprint density at radius 2 is 2.00 bits per heavy atom. The van der Waals surface area contributed by atoms with Gasteiger partial charge in [0.1, 0.15) is 0 Å². The van der Waals surface area contributed by atoms with Crippen molar-refractivity contribution < 1.29 is 4.79 Å². The van der Waals surface area contributed by atoms with Gasteiger partial charge < -0.3 is 16.4 Å². The molecule has 1 aliphatic heterocycles. The number of nitrogens with one attached hydrogen (secondary N) is 2. The Labute approximate surface area is 145 Å². The van der Waals surface area contributed by atoms with Gasteiger partial charge in [-0.05, 0) is 42.5 Å². The summed E-state index contributed by atoms with van der Waals surface area (Å²) in [5, 5.41) is 6.29. The highest BCUT2D eigenvalue weighted by Crippen LogP contribution is 2.17. The van der Waals surface area contributed by atoms with Crippen molar-refractivity contribution >= 4 is 23.2 Å². The number of carbonyl (C=O) groups excluding carboxylic acids is 1. The first-order valence-electron chi connectivity index (χ1n) is 7.69. The number of hydrogen-bond donors (Lipinski definition) is 3. The maximum Gasteiger partial charge on any atom is 0.293 e. The summed E-state index contributed by atoms with van der Waals surface area (Å²) in [7, 11) is 0. The molecule has 4 N–H and O–H groups in total. The standard InChI is InChI=1S/C17H18ClN5O/c18-13-9-21-16(22-10-13)17(24)23-14-5-3-11(4-6-14)1-2-12-7-15(19)20-8-12/h3-7,9-10,12,20H,1-2,8,19H2,(H,23,24)/t12-/m0/s1. The topological polar surface area (TPSA) is 92.9 Å². The molecule has 0 radical (unpaired) electrons. The van der Waals surface area contributed by atoms with Crippen molar-refractivity contribution in [2.24, 2.45) is 11.7 Å². The van der Waals surface area contributed by atoms with Crippen molar-refractivity contribution in [1.82, 2.24) is 15.3 Å². The Hall–Kier alpha value is -2.60. The smallest absolute Gasteiger partial charge is 0.293 e. The maximum atomic E-state index is 12.0. The van der Waals surface area contributed by atoms with Gasteiger partial charge in [-0.15, -0.1) is 0 Å². The predicted octanol–water partition coefficient (Wildman–Crippen LogP) is 2.33. The van der Waals surface area contributed by atoms with E-state index in [2.05, 4.69) is 26.7 Å². The van der Waals surface area contributed by atoms with E-state index in [9.17, 15) is 4.79 Å². The molecule has 6 nitrogen and oxygen atoms in total. The van der Waals surface area contributed by atoms with Gasteiger partial charge in [-0.25, -0.2) is 9.97 Å². The quantitative estimate of drug-likeness (QED) is 0.774. The molecule has 2 aromatic rings. The van der Waals surface area contributed by atoms with E-state index >= 15 is 0 Å². The van der Waals surface area contributed by atoms with Gasteiger partial charge in [-0.2, -0.15) is 0 Å². The van der Waals surface area contributed by atoms with Crippen LogP contribution in [-0.2, 0) is 6.42 Å². The molecule has 1 amide bonds. The average Bonchev–Trinajstić information content (AvgIpc) is 3.00. The van der Waals surface area contributed by atoms with Gasteiger partial charge in [0.25, 0.3) is 5.91 Å². The van der Waals surface area contributed by atoms with Gasteiger partial charge in [0.2, 0.25) is 5.82 Å². The Morgan fingerprint density at radius 3 is 2.62 bits per heavy atom. The molecular formula is C17H18ClN5O. The van der Waals surface area contributed by atoms with Crippen LogP contribution in [0.1, 0.15) is 22.6 Å². The van der Waals surface area contributed by atoms with Crippen molar-refractivity contribution in [3.63, 3.8) is 0 Å². The van der Waals surface area contributed by atoms with Crippen LogP contribution in [0.4, 0.5) is 5.69 Å². The molecule has 0 spiro atoms. The van der Waals surface area contributed by atoms with Crippen molar-refractivity contribution in [3.8, 4) is 0 Å². The molecule has 0 bridgehead atoms. The van der Waals surface area contributed by atoms with Crippen LogP contribution in [0.3, 0.4) is 0 Å². The van der Waals surface area contributed by atoms with E-state index in [-0.39, 0.29) is 11.7 Å². The maximum absolute atomic E-state index is 12.0. The third-order valence-electron chi connectivity index (χ3n) is 3.82. The zero-order valence-corrected chi connectivity index (χ0v) is 13.8. The molecule has 124 valence electrons. The number of halogens is 1. The molecule has 7 heteroatoms. The molecule has 3 rings (SSSR count). The zero-order valence-electron chi connectivity index (χ0n) is 13.0. The van der Waals surface area contributed by atoms with Crippen LogP contribution in [0.25, 0.3) is 0 Å². The van der Waals surface area contributed by atoms with E-state index < -0.39 is 0 Å². The van der Waals surface area contributed by atoms with E-state index in [1.807, 2.05) is 24.3 Å². The monoisotopic (exact) mass is 343 g/mol. The summed E-state index contributed by atoms with van der Waals surface area (Å²) in [5.41, 5.74) is 7.63. The fourth-order valence-electron chi connectivity index (χ4n) is 2.53. The highest BCUT2D eigenvalue weighted by molar-refractivity contribution is 6.30. The second kappa shape index (κ2) is 7.31. The number of benzene rings is 1. The number of aryl methyl sites for hydroxylation is 1. The van der Waals surface area contributed by atoms with Crippen molar-refractivity contribution in [1.29, 1.82) is 0 Å². The molecule has 1 aromatic carbocycles. The van der Waals surface area contributed by atoms with Crippen LogP contribution in [-0.4, -0.2) is 22.4 Å². The minimum Gasteiger partial charge on any atom is -0.386 e. The van der Waals surface area contributed by atoms with Crippen LogP contribution in [0.15, 0.2) is 48.6 Å². The number of amides is 1. The van der Waals surface area contributed by atoms with Crippen LogP contribution in [0.5, 0.6) is 0 Å². The predicted molar refractivity (Wildman–Crippen MR) is 93.5 cm³/mol. The molecule has 2 heterocycles. The summed E-state index contributed by atoms with van der Waals surface area (Å²) in [6.07, 6.45) is 6.86. The van der Waals surface area contributed by atoms with E-state index in [1.165, 1.54) is 18.0 Å². The normalized spacial score (nSPS) is 16.4. The molecule has 1 aromatic heterocycles. The Bertz CT molecular complexity index is 743. The second-order valence-electron chi connectivity index (χ2n) is 5.68. The summed E-state index contributed by atoms with van der Waals surface area (Å²) in [6, 6.07) is 7.77. The van der Waals surface area contributed by atoms with E-state index in [4.69, 9.17) is 17.3 Å². The number of carbonyl (C=O) groups is 1. The number of nitrogens with zero attached hydrogens (tertiary/aromatic N) is 2. The lowest BCUT2D eigenvalue weighted by Gasteiger charge is -2.08. The van der Waals surface area contributed by atoms with Crippen molar-refractivity contribution in [2.45, 2.75) is 12.8 Å². The summed E-state index contributed by atoms with van der Waals surface area (Å²) < 4.78 is 0. The first-order valence-corrected chi connectivity index (χ1v) is 8.07. The van der Waals surface area contributed by atoms with Gasteiger partial charge in [-0.3, -0.25) is 4.79 Å². The number of rotatable bonds is 5. The third kappa shape index (κ3) is 4.23. The van der Waals surface area contributed by atoms with Crippen LogP contribution in [0.2, 0.25) is 5.02 Å². The molecule has 1 aliphatic rings. The van der Waals surface area contributed by atoms with Gasteiger partial charge in [0.15, 0.2) is 0 Å². The molecule has 24 heavy (non-hydrogen) atoms. The molecule has 1 atom stereocenters. The first kappa shape index (κ1) is 16.3. The van der Waals surface area contributed by atoms with E-state index in [1.54, 1.807) is 0 Å². The van der Waals surface area contributed by atoms with Gasteiger partial charge in [0, 0.05) is 24.6 Å². The summed E-state index contributed by atoms with van der Waals surface area (Å²) in [4.78, 5) is 19.8. The Morgan fingerprint density at radius 1 is 1.29 bits per heavy atom. The van der Waals surface area contributed by atoms with Crippen molar-refractivity contribution in [3.05, 3.63) is 65.0 Å². The van der Waals surface area contributed by atoms with Crippen LogP contribution >= 0.6 is 11.6 Å². The summed E-state index contributed by atoms with van der Waals surface area (Å²) in [6.45, 7) is 0.904. The zero-order chi connectivity index (χ0) is 16.9. The molecule has 0 fully saturated rings. The van der Waals surface area contributed by atoms with Crippen LogP contribution < -0.4 is 16.4 Å². The molecule has 0 saturated heterocycles. The molecule has 0 aliphatic carbocycles. The first-order chi connectivity index (χ1) is 11.6. The minimum absolute atomic E-state index is 0.0848. The lowest BCUT2D eigenvalue weighted by molar-refractivity contribution is 0.101. The molecule has 0 unspecified atom stereocenters. The summed E-state index contributed by atoms with van der Waals surface area (Å²) in [5.74, 6) is 0.965. The highest BCUT2D eigenvalue weighted by Gasteiger charge is 2.13. The minimum atomic E-state index is -0.364. The largest absolute Gasteiger partial charge is 0.386 e. The molecular weight excluding hydrogens is 326 g/mol. The van der Waals surface area contributed by atoms with E-state index in [0.29, 0.717) is 16.6 Å². The Balaban J connectivity index is 1.54. The number of hydrogen-bond acceptors (Lipinski definition) is 5. The lowest BCUT2D eigenvalue weighted by Crippen LogP contribution is -2.16. The van der Waals surface area contributed by atoms with Gasteiger partial charge in [0.05, 0.1) is 10.8 Å². The second-order valence-corrected chi connectivity index (χ2v) is 6.11. The number of nitrogens with two attached hydrogens (primary N) is 1.